The summed E-state index contributed by atoms with van der Waals surface area (Å²) < 4.78 is 7.67. The smallest absolute Gasteiger partial charge is 0.273 e. The second-order valence-corrected chi connectivity index (χ2v) is 6.40. The predicted molar refractivity (Wildman–Crippen MR) is 95.1 cm³/mol. The minimum Gasteiger partial charge on any atom is -0.489 e. The van der Waals surface area contributed by atoms with Crippen molar-refractivity contribution in [2.75, 3.05) is 24.6 Å². The largest absolute Gasteiger partial charge is 0.489 e. The van der Waals surface area contributed by atoms with Gasteiger partial charge in [0.05, 0.1) is 23.2 Å². The van der Waals surface area contributed by atoms with Gasteiger partial charge in [0.15, 0.2) is 0 Å². The van der Waals surface area contributed by atoms with Gasteiger partial charge in [-0.25, -0.2) is 0 Å². The number of non-ortho nitro benzene ring substituents is 1. The standard InChI is InChI=1S/C17H23N5O3/c1-13-11-20(12-14(2)19-13)16-5-4-15(22(23)24)10-17(16)25-9-8-21-7-3-6-18-21/h3-7,10,13-14,19H,8-9,11-12H2,1-2H3/t13-,14+. The van der Waals surface area contributed by atoms with E-state index in [1.54, 1.807) is 16.9 Å². The maximum atomic E-state index is 11.1. The minimum absolute atomic E-state index is 0.0362. The van der Waals surface area contributed by atoms with Crippen LogP contribution in [0.5, 0.6) is 5.75 Å². The molecule has 0 radical (unpaired) electrons. The molecular formula is C17H23N5O3. The molecule has 8 nitrogen and oxygen atoms in total. The molecule has 0 amide bonds. The zero-order valence-electron chi connectivity index (χ0n) is 14.5. The van der Waals surface area contributed by atoms with E-state index in [1.165, 1.54) is 12.1 Å². The van der Waals surface area contributed by atoms with Gasteiger partial charge in [-0.2, -0.15) is 5.10 Å². The Labute approximate surface area is 146 Å². The van der Waals surface area contributed by atoms with Crippen LogP contribution >= 0.6 is 0 Å². The van der Waals surface area contributed by atoms with Gasteiger partial charge >= 0.3 is 0 Å². The zero-order chi connectivity index (χ0) is 17.8. The zero-order valence-corrected chi connectivity index (χ0v) is 14.5. The number of nitrogens with one attached hydrogen (secondary N) is 1. The third-order valence-electron chi connectivity index (χ3n) is 4.19. The molecule has 1 aliphatic rings. The van der Waals surface area contributed by atoms with Crippen LogP contribution in [0, 0.1) is 10.1 Å². The molecule has 2 heterocycles. The summed E-state index contributed by atoms with van der Waals surface area (Å²) in [5.74, 6) is 0.544. The molecule has 25 heavy (non-hydrogen) atoms. The summed E-state index contributed by atoms with van der Waals surface area (Å²) in [6.07, 6.45) is 3.57. The molecule has 1 aliphatic heterocycles. The molecule has 1 aromatic heterocycles. The van der Waals surface area contributed by atoms with E-state index >= 15 is 0 Å². The molecule has 1 N–H and O–H groups in total. The summed E-state index contributed by atoms with van der Waals surface area (Å²) in [4.78, 5) is 12.9. The topological polar surface area (TPSA) is 85.5 Å². The van der Waals surface area contributed by atoms with E-state index in [9.17, 15) is 10.1 Å². The number of piperazine rings is 1. The normalized spacial score (nSPS) is 20.5. The molecule has 0 aliphatic carbocycles. The highest BCUT2D eigenvalue weighted by molar-refractivity contribution is 5.63. The van der Waals surface area contributed by atoms with Crippen LogP contribution in [0.25, 0.3) is 0 Å². The second kappa shape index (κ2) is 7.52. The third-order valence-corrected chi connectivity index (χ3v) is 4.19. The van der Waals surface area contributed by atoms with Gasteiger partial charge in [0.25, 0.3) is 5.69 Å². The van der Waals surface area contributed by atoms with E-state index in [0.717, 1.165) is 18.8 Å². The lowest BCUT2D eigenvalue weighted by atomic mass is 10.1. The van der Waals surface area contributed by atoms with Crippen LogP contribution in [0.3, 0.4) is 0 Å². The molecule has 0 saturated carbocycles. The summed E-state index contributed by atoms with van der Waals surface area (Å²) >= 11 is 0. The van der Waals surface area contributed by atoms with Crippen LogP contribution in [0.15, 0.2) is 36.7 Å². The van der Waals surface area contributed by atoms with Gasteiger partial charge in [0.1, 0.15) is 12.4 Å². The number of nitro groups is 1. The Bertz CT molecular complexity index is 709. The Kier molecular flexibility index (Phi) is 5.18. The van der Waals surface area contributed by atoms with E-state index in [4.69, 9.17) is 4.74 Å². The number of nitro benzene ring substituents is 1. The van der Waals surface area contributed by atoms with Crippen molar-refractivity contribution in [2.24, 2.45) is 0 Å². The van der Waals surface area contributed by atoms with Crippen LogP contribution < -0.4 is 15.0 Å². The first-order valence-electron chi connectivity index (χ1n) is 8.42. The van der Waals surface area contributed by atoms with Crippen LogP contribution in [0.2, 0.25) is 0 Å². The fourth-order valence-electron chi connectivity index (χ4n) is 3.20. The number of anilines is 1. The van der Waals surface area contributed by atoms with Gasteiger partial charge in [-0.15, -0.1) is 0 Å². The molecular weight excluding hydrogens is 322 g/mol. The van der Waals surface area contributed by atoms with Crippen LogP contribution in [0.1, 0.15) is 13.8 Å². The fourth-order valence-corrected chi connectivity index (χ4v) is 3.20. The van der Waals surface area contributed by atoms with E-state index in [2.05, 4.69) is 29.2 Å². The second-order valence-electron chi connectivity index (χ2n) is 6.40. The molecule has 0 spiro atoms. The van der Waals surface area contributed by atoms with E-state index in [0.29, 0.717) is 31.0 Å². The number of hydrogen-bond acceptors (Lipinski definition) is 6. The van der Waals surface area contributed by atoms with Gasteiger partial charge in [-0.3, -0.25) is 14.8 Å². The molecule has 1 aromatic carbocycles. The number of ether oxygens (including phenoxy) is 1. The quantitative estimate of drug-likeness (QED) is 0.637. The number of nitrogens with zero attached hydrogens (tertiary/aromatic N) is 4. The summed E-state index contributed by atoms with van der Waals surface area (Å²) in [6.45, 7) is 6.91. The molecule has 0 bridgehead atoms. The molecule has 3 rings (SSSR count). The van der Waals surface area contributed by atoms with Gasteiger partial charge < -0.3 is 15.0 Å². The van der Waals surface area contributed by atoms with Crippen molar-refractivity contribution in [1.82, 2.24) is 15.1 Å². The minimum atomic E-state index is -0.396. The van der Waals surface area contributed by atoms with Gasteiger partial charge in [0.2, 0.25) is 0 Å². The van der Waals surface area contributed by atoms with Crippen molar-refractivity contribution in [3.8, 4) is 5.75 Å². The number of benzene rings is 1. The average molecular weight is 345 g/mol. The van der Waals surface area contributed by atoms with E-state index in [-0.39, 0.29) is 5.69 Å². The van der Waals surface area contributed by atoms with Gasteiger partial charge in [-0.05, 0) is 26.0 Å². The maximum absolute atomic E-state index is 11.1. The fraction of sp³-hybridized carbons (Fsp3) is 0.471. The number of rotatable bonds is 6. The van der Waals surface area contributed by atoms with Crippen LogP contribution in [-0.2, 0) is 6.54 Å². The molecule has 8 heteroatoms. The summed E-state index contributed by atoms with van der Waals surface area (Å²) in [7, 11) is 0. The van der Waals surface area contributed by atoms with Crippen molar-refractivity contribution in [2.45, 2.75) is 32.5 Å². The molecule has 2 aromatic rings. The highest BCUT2D eigenvalue weighted by Crippen LogP contribution is 2.33. The lowest BCUT2D eigenvalue weighted by Gasteiger charge is -2.38. The van der Waals surface area contributed by atoms with Gasteiger partial charge in [0, 0.05) is 43.6 Å². The van der Waals surface area contributed by atoms with Gasteiger partial charge in [-0.1, -0.05) is 0 Å². The Morgan fingerprint density at radius 3 is 2.76 bits per heavy atom. The van der Waals surface area contributed by atoms with Crippen LogP contribution in [-0.4, -0.2) is 46.5 Å². The average Bonchev–Trinajstić information content (AvgIpc) is 3.07. The Hall–Kier alpha value is -2.61. The first kappa shape index (κ1) is 17.2. The van der Waals surface area contributed by atoms with Crippen molar-refractivity contribution >= 4 is 11.4 Å². The van der Waals surface area contributed by atoms with E-state index < -0.39 is 4.92 Å². The van der Waals surface area contributed by atoms with Crippen molar-refractivity contribution < 1.29 is 9.66 Å². The van der Waals surface area contributed by atoms with Crippen molar-refractivity contribution in [3.63, 3.8) is 0 Å². The predicted octanol–water partition coefficient (Wildman–Crippen LogP) is 2.06. The Balaban J connectivity index is 1.79. The van der Waals surface area contributed by atoms with Crippen molar-refractivity contribution in [1.29, 1.82) is 0 Å². The molecule has 134 valence electrons. The summed E-state index contributed by atoms with van der Waals surface area (Å²) in [5, 5.41) is 18.7. The third kappa shape index (κ3) is 4.27. The molecule has 1 fully saturated rings. The monoisotopic (exact) mass is 345 g/mol. The van der Waals surface area contributed by atoms with E-state index in [1.807, 2.05) is 12.3 Å². The first-order chi connectivity index (χ1) is 12.0. The van der Waals surface area contributed by atoms with Crippen molar-refractivity contribution in [3.05, 3.63) is 46.8 Å². The lowest BCUT2D eigenvalue weighted by molar-refractivity contribution is -0.384. The lowest BCUT2D eigenvalue weighted by Crippen LogP contribution is -2.54. The molecule has 1 saturated heterocycles. The number of aromatic nitrogens is 2. The highest BCUT2D eigenvalue weighted by Gasteiger charge is 2.24. The summed E-state index contributed by atoms with van der Waals surface area (Å²) in [5.41, 5.74) is 0.931. The Morgan fingerprint density at radius 2 is 2.12 bits per heavy atom. The SMILES string of the molecule is C[C@@H]1CN(c2ccc([N+](=O)[O-])cc2OCCn2cccn2)C[C@H](C)N1. The van der Waals surface area contributed by atoms with Crippen LogP contribution in [0.4, 0.5) is 11.4 Å². The maximum Gasteiger partial charge on any atom is 0.273 e. The first-order valence-corrected chi connectivity index (χ1v) is 8.42. The molecule has 0 unspecified atom stereocenters. The Morgan fingerprint density at radius 1 is 1.36 bits per heavy atom. The highest BCUT2D eigenvalue weighted by atomic mass is 16.6. The number of hydrogen-bond donors (Lipinski definition) is 1. The summed E-state index contributed by atoms with van der Waals surface area (Å²) in [6, 6.07) is 7.36. The molecule has 2 atom stereocenters.